The van der Waals surface area contributed by atoms with Gasteiger partial charge >= 0.3 is 0 Å². The highest BCUT2D eigenvalue weighted by atomic mass is 127. The van der Waals surface area contributed by atoms with Crippen LogP contribution in [-0.2, 0) is 11.3 Å². The lowest BCUT2D eigenvalue weighted by Crippen LogP contribution is -2.40. The molecule has 0 spiro atoms. The van der Waals surface area contributed by atoms with E-state index in [-0.39, 0.29) is 24.0 Å². The number of nitrogens with one attached hydrogen (secondary N) is 1. The number of anilines is 1. The first-order valence-corrected chi connectivity index (χ1v) is 10.4. The minimum absolute atomic E-state index is 0. The second-order valence-corrected chi connectivity index (χ2v) is 7.92. The summed E-state index contributed by atoms with van der Waals surface area (Å²) >= 11 is 0. The molecule has 0 aromatic carbocycles. The lowest BCUT2D eigenvalue weighted by molar-refractivity contribution is 0.157. The Morgan fingerprint density at radius 1 is 1.25 bits per heavy atom. The molecule has 0 aliphatic carbocycles. The Morgan fingerprint density at radius 2 is 2.04 bits per heavy atom. The Morgan fingerprint density at radius 3 is 2.68 bits per heavy atom. The Kier molecular flexibility index (Phi) is 9.77. The van der Waals surface area contributed by atoms with Gasteiger partial charge in [0.05, 0.1) is 13.2 Å². The maximum Gasteiger partial charge on any atom is 0.194 e. The van der Waals surface area contributed by atoms with E-state index in [0.717, 1.165) is 62.6 Å². The van der Waals surface area contributed by atoms with Crippen LogP contribution >= 0.6 is 24.0 Å². The summed E-state index contributed by atoms with van der Waals surface area (Å²) in [4.78, 5) is 14.3. The Labute approximate surface area is 187 Å². The number of nitrogens with zero attached hydrogens (tertiary/aromatic N) is 4. The van der Waals surface area contributed by atoms with E-state index in [0.29, 0.717) is 12.5 Å². The molecule has 2 aliphatic heterocycles. The van der Waals surface area contributed by atoms with Gasteiger partial charge < -0.3 is 19.9 Å². The molecule has 2 aliphatic rings. The smallest absolute Gasteiger partial charge is 0.194 e. The van der Waals surface area contributed by atoms with E-state index in [2.05, 4.69) is 41.1 Å². The van der Waals surface area contributed by atoms with Gasteiger partial charge in [0.15, 0.2) is 5.96 Å². The van der Waals surface area contributed by atoms with Gasteiger partial charge in [-0.1, -0.05) is 13.0 Å². The van der Waals surface area contributed by atoms with Gasteiger partial charge in [0.1, 0.15) is 5.82 Å². The van der Waals surface area contributed by atoms with Crippen LogP contribution in [0.15, 0.2) is 23.3 Å². The van der Waals surface area contributed by atoms with Gasteiger partial charge in [-0.05, 0) is 43.7 Å². The van der Waals surface area contributed by atoms with Gasteiger partial charge in [-0.2, -0.15) is 0 Å². The molecule has 1 unspecified atom stereocenters. The topological polar surface area (TPSA) is 53.0 Å². The van der Waals surface area contributed by atoms with Crippen molar-refractivity contribution in [1.82, 2.24) is 15.2 Å². The van der Waals surface area contributed by atoms with Gasteiger partial charge in [-0.15, -0.1) is 24.0 Å². The van der Waals surface area contributed by atoms with E-state index in [1.54, 1.807) is 7.11 Å². The monoisotopic (exact) mass is 501 g/mol. The number of hydrogen-bond donors (Lipinski definition) is 1. The van der Waals surface area contributed by atoms with Crippen molar-refractivity contribution in [1.29, 1.82) is 0 Å². The van der Waals surface area contributed by atoms with Crippen molar-refractivity contribution < 1.29 is 4.74 Å². The molecule has 6 nitrogen and oxygen atoms in total. The molecule has 2 saturated heterocycles. The molecular formula is C21H36IN5O. The molecule has 158 valence electrons. The maximum atomic E-state index is 5.31. The second kappa shape index (κ2) is 11.8. The zero-order valence-corrected chi connectivity index (χ0v) is 19.9. The number of guanidine groups is 1. The molecule has 3 heterocycles. The molecular weight excluding hydrogens is 465 g/mol. The number of ether oxygens (including phenoxy) is 1. The fourth-order valence-corrected chi connectivity index (χ4v) is 3.92. The summed E-state index contributed by atoms with van der Waals surface area (Å²) in [6, 6.07) is 4.32. The number of rotatable bonds is 6. The number of halogens is 1. The highest BCUT2D eigenvalue weighted by Crippen LogP contribution is 2.21. The van der Waals surface area contributed by atoms with Gasteiger partial charge in [-0.25, -0.2) is 9.98 Å². The molecule has 0 amide bonds. The number of piperidine rings is 1. The molecule has 2 fully saturated rings. The zero-order valence-electron chi connectivity index (χ0n) is 17.6. The Bertz CT molecular complexity index is 601. The largest absolute Gasteiger partial charge is 0.384 e. The summed E-state index contributed by atoms with van der Waals surface area (Å²) < 4.78 is 5.31. The van der Waals surface area contributed by atoms with Gasteiger partial charge in [0.25, 0.3) is 0 Å². The van der Waals surface area contributed by atoms with Crippen molar-refractivity contribution >= 4 is 35.8 Å². The summed E-state index contributed by atoms with van der Waals surface area (Å²) in [5.74, 6) is 3.55. The number of likely N-dealkylation sites (tertiary alicyclic amines) is 1. The van der Waals surface area contributed by atoms with Crippen molar-refractivity contribution in [2.45, 2.75) is 39.7 Å². The normalized spacial score (nSPS) is 21.0. The first-order valence-electron chi connectivity index (χ1n) is 10.4. The molecule has 28 heavy (non-hydrogen) atoms. The number of aromatic nitrogens is 1. The summed E-state index contributed by atoms with van der Waals surface area (Å²) in [6.07, 6.45) is 5.68. The van der Waals surface area contributed by atoms with Crippen LogP contribution in [0.1, 0.15) is 38.7 Å². The Hall–Kier alpha value is -1.09. The Balaban J connectivity index is 0.00000280. The molecule has 0 saturated carbocycles. The fourth-order valence-electron chi connectivity index (χ4n) is 3.92. The van der Waals surface area contributed by atoms with E-state index in [4.69, 9.17) is 14.7 Å². The predicted octanol–water partition coefficient (Wildman–Crippen LogP) is 3.37. The SMILES string of the molecule is CCNC(=NCc1ccc(N2CCC(C)CC2)nc1)N1CCC(COC)C1.I. The van der Waals surface area contributed by atoms with Crippen LogP contribution < -0.4 is 10.2 Å². The summed E-state index contributed by atoms with van der Waals surface area (Å²) in [6.45, 7) is 11.1. The third kappa shape index (κ3) is 6.47. The molecule has 1 N–H and O–H groups in total. The predicted molar refractivity (Wildman–Crippen MR) is 127 cm³/mol. The number of pyridine rings is 1. The van der Waals surface area contributed by atoms with Gasteiger partial charge in [-0.3, -0.25) is 0 Å². The molecule has 1 aromatic rings. The lowest BCUT2D eigenvalue weighted by Gasteiger charge is -2.31. The summed E-state index contributed by atoms with van der Waals surface area (Å²) in [7, 11) is 1.78. The van der Waals surface area contributed by atoms with E-state index in [9.17, 15) is 0 Å². The number of hydrogen-bond acceptors (Lipinski definition) is 4. The van der Waals surface area contributed by atoms with Crippen LogP contribution in [0, 0.1) is 11.8 Å². The van der Waals surface area contributed by atoms with Crippen molar-refractivity contribution in [3.8, 4) is 0 Å². The van der Waals surface area contributed by atoms with Crippen molar-refractivity contribution in [2.24, 2.45) is 16.8 Å². The van der Waals surface area contributed by atoms with Crippen LogP contribution in [0.4, 0.5) is 5.82 Å². The zero-order chi connectivity index (χ0) is 19.1. The average molecular weight is 501 g/mol. The van der Waals surface area contributed by atoms with E-state index in [1.807, 2.05) is 6.20 Å². The average Bonchev–Trinajstić information content (AvgIpc) is 3.15. The molecule has 1 aromatic heterocycles. The van der Waals surface area contributed by atoms with Crippen LogP contribution in [0.5, 0.6) is 0 Å². The fraction of sp³-hybridized carbons (Fsp3) is 0.714. The van der Waals surface area contributed by atoms with E-state index < -0.39 is 0 Å². The highest BCUT2D eigenvalue weighted by molar-refractivity contribution is 14.0. The standard InChI is InChI=1S/C21H35N5O.HI/c1-4-22-21(26-12-9-19(15-26)16-27-3)24-14-18-5-6-20(23-13-18)25-10-7-17(2)8-11-25;/h5-6,13,17,19H,4,7-12,14-16H2,1-3H3,(H,22,24);1H. The lowest BCUT2D eigenvalue weighted by atomic mass is 9.99. The van der Waals surface area contributed by atoms with Gasteiger partial charge in [0, 0.05) is 51.9 Å². The summed E-state index contributed by atoms with van der Waals surface area (Å²) in [5.41, 5.74) is 1.16. The van der Waals surface area contributed by atoms with Crippen molar-refractivity contribution in [2.75, 3.05) is 51.3 Å². The van der Waals surface area contributed by atoms with Crippen LogP contribution in [0.3, 0.4) is 0 Å². The molecule has 3 rings (SSSR count). The highest BCUT2D eigenvalue weighted by Gasteiger charge is 2.24. The number of methoxy groups -OCH3 is 1. The van der Waals surface area contributed by atoms with Crippen LogP contribution in [0.25, 0.3) is 0 Å². The van der Waals surface area contributed by atoms with Crippen molar-refractivity contribution in [3.63, 3.8) is 0 Å². The number of aliphatic imine (C=N–C) groups is 1. The van der Waals surface area contributed by atoms with Crippen LogP contribution in [-0.4, -0.2) is 62.3 Å². The third-order valence-electron chi connectivity index (χ3n) is 5.65. The summed E-state index contributed by atoms with van der Waals surface area (Å²) in [5, 5.41) is 3.43. The molecule has 1 atom stereocenters. The maximum absolute atomic E-state index is 5.31. The first kappa shape index (κ1) is 23.2. The molecule has 0 radical (unpaired) electrons. The molecule has 7 heteroatoms. The van der Waals surface area contributed by atoms with Gasteiger partial charge in [0.2, 0.25) is 0 Å². The molecule has 0 bridgehead atoms. The van der Waals surface area contributed by atoms with E-state index in [1.165, 1.54) is 19.3 Å². The minimum atomic E-state index is 0. The quantitative estimate of drug-likeness (QED) is 0.368. The van der Waals surface area contributed by atoms with Crippen molar-refractivity contribution in [3.05, 3.63) is 23.9 Å². The van der Waals surface area contributed by atoms with Crippen LogP contribution in [0.2, 0.25) is 0 Å². The second-order valence-electron chi connectivity index (χ2n) is 7.92. The minimum Gasteiger partial charge on any atom is -0.384 e. The third-order valence-corrected chi connectivity index (χ3v) is 5.65. The van der Waals surface area contributed by atoms with E-state index >= 15 is 0 Å². The first-order chi connectivity index (χ1) is 13.2.